The van der Waals surface area contributed by atoms with Crippen LogP contribution in [0, 0.1) is 13.8 Å². The highest BCUT2D eigenvalue weighted by Crippen LogP contribution is 2.22. The minimum atomic E-state index is -0.140. The van der Waals surface area contributed by atoms with Crippen LogP contribution in [0.3, 0.4) is 0 Å². The second kappa shape index (κ2) is 8.41. The zero-order valence-electron chi connectivity index (χ0n) is 17.3. The highest BCUT2D eigenvalue weighted by Gasteiger charge is 2.14. The van der Waals surface area contributed by atoms with Crippen molar-refractivity contribution in [1.29, 1.82) is 0 Å². The first-order valence-electron chi connectivity index (χ1n) is 9.95. The topological polar surface area (TPSA) is 64.4 Å². The Morgan fingerprint density at radius 3 is 2.60 bits per heavy atom. The summed E-state index contributed by atoms with van der Waals surface area (Å²) >= 11 is 0. The number of benzene rings is 3. The molecule has 0 fully saturated rings. The van der Waals surface area contributed by atoms with E-state index in [2.05, 4.69) is 40.8 Å². The third-order valence-electron chi connectivity index (χ3n) is 5.28. The minimum Gasteiger partial charge on any atom is -0.489 e. The Bertz CT molecular complexity index is 1180. The average Bonchev–Trinajstić information content (AvgIpc) is 3.09. The van der Waals surface area contributed by atoms with Crippen molar-refractivity contribution in [3.05, 3.63) is 94.9 Å². The number of aryl methyl sites for hydroxylation is 2. The molecule has 1 atom stereocenters. The summed E-state index contributed by atoms with van der Waals surface area (Å²) in [6.07, 6.45) is 0. The first-order valence-corrected chi connectivity index (χ1v) is 9.95. The SMILES string of the molecule is Cc1noc(C)c1COc1cccc(C(=O)N[C@@H](C)c2ccc3ccccc3c2)c1. The van der Waals surface area contributed by atoms with E-state index in [1.807, 2.05) is 45.0 Å². The zero-order valence-corrected chi connectivity index (χ0v) is 17.3. The smallest absolute Gasteiger partial charge is 0.251 e. The van der Waals surface area contributed by atoms with Crippen LogP contribution in [0.1, 0.15) is 45.9 Å². The molecule has 5 nitrogen and oxygen atoms in total. The predicted octanol–water partition coefficient (Wildman–Crippen LogP) is 5.51. The van der Waals surface area contributed by atoms with E-state index >= 15 is 0 Å². The molecule has 30 heavy (non-hydrogen) atoms. The lowest BCUT2D eigenvalue weighted by atomic mass is 10.0. The number of nitrogens with zero attached hydrogens (tertiary/aromatic N) is 1. The second-order valence-corrected chi connectivity index (χ2v) is 7.42. The number of hydrogen-bond acceptors (Lipinski definition) is 4. The van der Waals surface area contributed by atoms with Crippen LogP contribution in [0.15, 0.2) is 71.3 Å². The number of carbonyl (C=O) groups is 1. The van der Waals surface area contributed by atoms with Crippen molar-refractivity contribution in [3.8, 4) is 5.75 Å². The quantitative estimate of drug-likeness (QED) is 0.463. The van der Waals surface area contributed by atoms with Crippen molar-refractivity contribution in [2.75, 3.05) is 0 Å². The molecule has 0 saturated carbocycles. The Balaban J connectivity index is 1.44. The van der Waals surface area contributed by atoms with E-state index in [1.165, 1.54) is 5.39 Å². The molecule has 3 aromatic carbocycles. The fraction of sp³-hybridized carbons (Fsp3) is 0.200. The van der Waals surface area contributed by atoms with Crippen molar-refractivity contribution < 1.29 is 14.1 Å². The molecule has 0 saturated heterocycles. The molecule has 1 N–H and O–H groups in total. The molecular weight excluding hydrogens is 376 g/mol. The lowest BCUT2D eigenvalue weighted by Crippen LogP contribution is -2.26. The number of ether oxygens (including phenoxy) is 1. The summed E-state index contributed by atoms with van der Waals surface area (Å²) in [5.74, 6) is 1.23. The van der Waals surface area contributed by atoms with Gasteiger partial charge in [-0.2, -0.15) is 0 Å². The molecule has 152 valence electrons. The van der Waals surface area contributed by atoms with Gasteiger partial charge in [0.1, 0.15) is 18.1 Å². The molecule has 0 aliphatic rings. The predicted molar refractivity (Wildman–Crippen MR) is 117 cm³/mol. The van der Waals surface area contributed by atoms with Crippen LogP contribution in [0.25, 0.3) is 10.8 Å². The van der Waals surface area contributed by atoms with Crippen LogP contribution in [0.4, 0.5) is 0 Å². The van der Waals surface area contributed by atoms with E-state index in [0.29, 0.717) is 17.9 Å². The number of carbonyl (C=O) groups excluding carboxylic acids is 1. The maximum Gasteiger partial charge on any atom is 0.251 e. The van der Waals surface area contributed by atoms with Gasteiger partial charge in [-0.15, -0.1) is 0 Å². The van der Waals surface area contributed by atoms with Gasteiger partial charge in [0.05, 0.1) is 17.3 Å². The summed E-state index contributed by atoms with van der Waals surface area (Å²) in [6.45, 7) is 6.07. The number of aromatic nitrogens is 1. The van der Waals surface area contributed by atoms with Gasteiger partial charge in [-0.3, -0.25) is 4.79 Å². The van der Waals surface area contributed by atoms with Gasteiger partial charge in [0, 0.05) is 5.56 Å². The minimum absolute atomic E-state index is 0.117. The molecule has 0 radical (unpaired) electrons. The van der Waals surface area contributed by atoms with Gasteiger partial charge in [0.15, 0.2) is 0 Å². The second-order valence-electron chi connectivity index (χ2n) is 7.42. The van der Waals surface area contributed by atoms with Gasteiger partial charge in [0.25, 0.3) is 5.91 Å². The van der Waals surface area contributed by atoms with E-state index in [0.717, 1.165) is 28.0 Å². The van der Waals surface area contributed by atoms with Crippen molar-refractivity contribution in [3.63, 3.8) is 0 Å². The first kappa shape index (κ1) is 19.7. The zero-order chi connectivity index (χ0) is 21.1. The van der Waals surface area contributed by atoms with Gasteiger partial charge in [-0.1, -0.05) is 47.6 Å². The van der Waals surface area contributed by atoms with E-state index in [9.17, 15) is 4.79 Å². The Hall–Kier alpha value is -3.60. The summed E-state index contributed by atoms with van der Waals surface area (Å²) in [7, 11) is 0. The molecule has 0 unspecified atom stereocenters. The van der Waals surface area contributed by atoms with Crippen LogP contribution >= 0.6 is 0 Å². The molecule has 4 aromatic rings. The standard InChI is InChI=1S/C25H24N2O3/c1-16(20-12-11-19-7-4-5-8-21(19)13-20)26-25(28)22-9-6-10-23(14-22)29-15-24-17(2)27-30-18(24)3/h4-14,16H,15H2,1-3H3,(H,26,28)/t16-/m0/s1. The van der Waals surface area contributed by atoms with Crippen LogP contribution < -0.4 is 10.1 Å². The van der Waals surface area contributed by atoms with E-state index in [4.69, 9.17) is 9.26 Å². The first-order chi connectivity index (χ1) is 14.5. The van der Waals surface area contributed by atoms with Crippen LogP contribution in [-0.2, 0) is 6.61 Å². The van der Waals surface area contributed by atoms with E-state index in [1.54, 1.807) is 12.1 Å². The molecule has 1 aromatic heterocycles. The van der Waals surface area contributed by atoms with Gasteiger partial charge < -0.3 is 14.6 Å². The van der Waals surface area contributed by atoms with E-state index in [-0.39, 0.29) is 11.9 Å². The number of hydrogen-bond donors (Lipinski definition) is 1. The fourth-order valence-electron chi connectivity index (χ4n) is 3.43. The summed E-state index contributed by atoms with van der Waals surface area (Å²) in [4.78, 5) is 12.8. The number of amides is 1. The van der Waals surface area contributed by atoms with Crippen molar-refractivity contribution in [2.24, 2.45) is 0 Å². The highest BCUT2D eigenvalue weighted by molar-refractivity contribution is 5.95. The fourth-order valence-corrected chi connectivity index (χ4v) is 3.43. The molecule has 0 spiro atoms. The van der Waals surface area contributed by atoms with E-state index < -0.39 is 0 Å². The van der Waals surface area contributed by atoms with Crippen molar-refractivity contribution in [1.82, 2.24) is 10.5 Å². The molecule has 1 heterocycles. The van der Waals surface area contributed by atoms with Crippen molar-refractivity contribution in [2.45, 2.75) is 33.4 Å². The molecule has 1 amide bonds. The maximum atomic E-state index is 12.8. The maximum absolute atomic E-state index is 12.8. The monoisotopic (exact) mass is 400 g/mol. The Morgan fingerprint density at radius 2 is 1.83 bits per heavy atom. The summed E-state index contributed by atoms with van der Waals surface area (Å²) in [6, 6.07) is 21.5. The average molecular weight is 400 g/mol. The van der Waals surface area contributed by atoms with Crippen molar-refractivity contribution >= 4 is 16.7 Å². The normalized spacial score (nSPS) is 12.0. The number of rotatable bonds is 6. The molecular formula is C25H24N2O3. The van der Waals surface area contributed by atoms with Crippen LogP contribution in [-0.4, -0.2) is 11.1 Å². The molecule has 0 bridgehead atoms. The molecule has 0 aliphatic heterocycles. The van der Waals surface area contributed by atoms with Gasteiger partial charge in [-0.25, -0.2) is 0 Å². The van der Waals surface area contributed by atoms with Gasteiger partial charge >= 0.3 is 0 Å². The summed E-state index contributed by atoms with van der Waals surface area (Å²) < 4.78 is 11.0. The molecule has 5 heteroatoms. The van der Waals surface area contributed by atoms with Crippen LogP contribution in [0.5, 0.6) is 5.75 Å². The lowest BCUT2D eigenvalue weighted by Gasteiger charge is -2.16. The summed E-state index contributed by atoms with van der Waals surface area (Å²) in [5.41, 5.74) is 3.35. The molecule has 4 rings (SSSR count). The third kappa shape index (κ3) is 4.20. The largest absolute Gasteiger partial charge is 0.489 e. The summed E-state index contributed by atoms with van der Waals surface area (Å²) in [5, 5.41) is 9.35. The lowest BCUT2D eigenvalue weighted by molar-refractivity contribution is 0.0939. The Kier molecular flexibility index (Phi) is 5.53. The highest BCUT2D eigenvalue weighted by atomic mass is 16.5. The van der Waals surface area contributed by atoms with Crippen LogP contribution in [0.2, 0.25) is 0 Å². The van der Waals surface area contributed by atoms with Gasteiger partial charge in [-0.05, 0) is 61.4 Å². The Morgan fingerprint density at radius 1 is 1.03 bits per heavy atom. The Labute approximate surface area is 175 Å². The molecule has 0 aliphatic carbocycles. The number of fused-ring (bicyclic) bond motifs is 1. The van der Waals surface area contributed by atoms with Gasteiger partial charge in [0.2, 0.25) is 0 Å². The third-order valence-corrected chi connectivity index (χ3v) is 5.28. The number of nitrogens with one attached hydrogen (secondary N) is 1.